The monoisotopic (exact) mass is 337 g/mol. The average Bonchev–Trinajstić information content (AvgIpc) is 3.29. The molecule has 4 rings (SSSR count). The summed E-state index contributed by atoms with van der Waals surface area (Å²) in [6, 6.07) is 11.4. The molecule has 2 aromatic heterocycles. The highest BCUT2D eigenvalue weighted by Crippen LogP contribution is 2.20. The maximum atomic E-state index is 12.1. The maximum Gasteiger partial charge on any atom is 0.269 e. The van der Waals surface area contributed by atoms with E-state index < -0.39 is 0 Å². The number of carbonyl (C=O) groups is 1. The molecule has 25 heavy (non-hydrogen) atoms. The first-order valence-electron chi connectivity index (χ1n) is 8.41. The zero-order valence-corrected chi connectivity index (χ0v) is 13.8. The Morgan fingerprint density at radius 1 is 1.24 bits per heavy atom. The van der Waals surface area contributed by atoms with Gasteiger partial charge in [-0.05, 0) is 59.0 Å². The average molecular weight is 337 g/mol. The summed E-state index contributed by atoms with van der Waals surface area (Å²) >= 11 is 0. The highest BCUT2D eigenvalue weighted by atomic mass is 16.6. The van der Waals surface area contributed by atoms with E-state index >= 15 is 0 Å². The molecule has 1 atom stereocenters. The standard InChI is InChI=1S/C18H19N5O2/c24-18(16-3-1-2-7-19-16)20-10-14-6-8-23(12-14)11-13-4-5-15-17(9-13)22-25-21-15/h1-5,7,9,14H,6,8,10-12H2,(H,20,24)/t14-/m0/s1. The van der Waals surface area contributed by atoms with Gasteiger partial charge in [-0.15, -0.1) is 0 Å². The molecule has 1 N–H and O–H groups in total. The van der Waals surface area contributed by atoms with Gasteiger partial charge in [-0.3, -0.25) is 14.7 Å². The molecule has 7 heteroatoms. The number of rotatable bonds is 5. The Hall–Kier alpha value is -2.80. The fourth-order valence-corrected chi connectivity index (χ4v) is 3.23. The molecule has 0 saturated carbocycles. The van der Waals surface area contributed by atoms with Gasteiger partial charge in [0.25, 0.3) is 5.91 Å². The fraction of sp³-hybridized carbons (Fsp3) is 0.333. The van der Waals surface area contributed by atoms with Crippen molar-refractivity contribution < 1.29 is 9.42 Å². The van der Waals surface area contributed by atoms with Crippen molar-refractivity contribution in [2.45, 2.75) is 13.0 Å². The Balaban J connectivity index is 1.28. The van der Waals surface area contributed by atoms with Crippen molar-refractivity contribution in [3.63, 3.8) is 0 Å². The molecule has 3 heterocycles. The summed E-state index contributed by atoms with van der Waals surface area (Å²) < 4.78 is 4.74. The normalized spacial score (nSPS) is 17.8. The number of amides is 1. The van der Waals surface area contributed by atoms with Crippen LogP contribution in [0.15, 0.2) is 47.2 Å². The van der Waals surface area contributed by atoms with Crippen LogP contribution in [0.25, 0.3) is 11.0 Å². The summed E-state index contributed by atoms with van der Waals surface area (Å²) in [7, 11) is 0. The fourth-order valence-electron chi connectivity index (χ4n) is 3.23. The number of likely N-dealkylation sites (tertiary alicyclic amines) is 1. The number of hydrogen-bond donors (Lipinski definition) is 1. The lowest BCUT2D eigenvalue weighted by Gasteiger charge is -2.16. The molecule has 1 amide bonds. The van der Waals surface area contributed by atoms with Gasteiger partial charge in [-0.1, -0.05) is 12.1 Å². The van der Waals surface area contributed by atoms with Gasteiger partial charge < -0.3 is 5.32 Å². The lowest BCUT2D eigenvalue weighted by Crippen LogP contribution is -2.31. The molecule has 7 nitrogen and oxygen atoms in total. The molecular weight excluding hydrogens is 318 g/mol. The predicted molar refractivity (Wildman–Crippen MR) is 91.8 cm³/mol. The maximum absolute atomic E-state index is 12.1. The lowest BCUT2D eigenvalue weighted by molar-refractivity contribution is 0.0942. The summed E-state index contributed by atoms with van der Waals surface area (Å²) in [4.78, 5) is 18.5. The first-order chi connectivity index (χ1) is 12.3. The number of benzene rings is 1. The largest absolute Gasteiger partial charge is 0.350 e. The molecule has 0 radical (unpaired) electrons. The van der Waals surface area contributed by atoms with E-state index in [4.69, 9.17) is 4.63 Å². The Morgan fingerprint density at radius 3 is 3.04 bits per heavy atom. The summed E-state index contributed by atoms with van der Waals surface area (Å²) in [5.41, 5.74) is 3.23. The van der Waals surface area contributed by atoms with E-state index in [2.05, 4.69) is 31.6 Å². The van der Waals surface area contributed by atoms with Crippen LogP contribution in [0.3, 0.4) is 0 Å². The first kappa shape index (κ1) is 15.7. The number of nitrogens with one attached hydrogen (secondary N) is 1. The van der Waals surface area contributed by atoms with E-state index in [9.17, 15) is 4.79 Å². The minimum atomic E-state index is -0.108. The van der Waals surface area contributed by atoms with Gasteiger partial charge in [0.1, 0.15) is 16.7 Å². The molecule has 3 aromatic rings. The zero-order chi connectivity index (χ0) is 17.1. The topological polar surface area (TPSA) is 84.2 Å². The smallest absolute Gasteiger partial charge is 0.269 e. The minimum absolute atomic E-state index is 0.108. The van der Waals surface area contributed by atoms with Gasteiger partial charge >= 0.3 is 0 Å². The van der Waals surface area contributed by atoms with E-state index in [0.29, 0.717) is 18.2 Å². The van der Waals surface area contributed by atoms with E-state index in [-0.39, 0.29) is 5.91 Å². The number of hydrogen-bond acceptors (Lipinski definition) is 6. The second kappa shape index (κ2) is 6.98. The number of aromatic nitrogens is 3. The third-order valence-corrected chi connectivity index (χ3v) is 4.54. The number of nitrogens with zero attached hydrogens (tertiary/aromatic N) is 4. The summed E-state index contributed by atoms with van der Waals surface area (Å²) in [6.07, 6.45) is 2.71. The van der Waals surface area contributed by atoms with Gasteiger partial charge in [0.2, 0.25) is 0 Å². The Kier molecular flexibility index (Phi) is 4.39. The van der Waals surface area contributed by atoms with Crippen molar-refractivity contribution in [1.29, 1.82) is 0 Å². The SMILES string of the molecule is O=C(NC[C@@H]1CCN(Cc2ccc3nonc3c2)C1)c1ccccn1. The van der Waals surface area contributed by atoms with Crippen LogP contribution in [0.2, 0.25) is 0 Å². The molecule has 0 bridgehead atoms. The van der Waals surface area contributed by atoms with E-state index in [0.717, 1.165) is 37.1 Å². The van der Waals surface area contributed by atoms with Crippen molar-refractivity contribution in [2.24, 2.45) is 5.92 Å². The first-order valence-corrected chi connectivity index (χ1v) is 8.41. The molecule has 1 aliphatic rings. The Labute approximate surface area is 145 Å². The van der Waals surface area contributed by atoms with Crippen LogP contribution in [0.4, 0.5) is 0 Å². The molecule has 0 aliphatic carbocycles. The lowest BCUT2D eigenvalue weighted by atomic mass is 10.1. The van der Waals surface area contributed by atoms with Crippen LogP contribution < -0.4 is 5.32 Å². The van der Waals surface area contributed by atoms with Crippen LogP contribution in [0.1, 0.15) is 22.5 Å². The van der Waals surface area contributed by atoms with E-state index in [1.807, 2.05) is 18.2 Å². The molecular formula is C18H19N5O2. The van der Waals surface area contributed by atoms with Crippen molar-refractivity contribution in [1.82, 2.24) is 25.5 Å². The zero-order valence-electron chi connectivity index (χ0n) is 13.8. The summed E-state index contributed by atoms with van der Waals surface area (Å²) in [5, 5.41) is 10.7. The molecule has 1 fully saturated rings. The predicted octanol–water partition coefficient (Wildman–Crippen LogP) is 1.87. The molecule has 1 aromatic carbocycles. The van der Waals surface area contributed by atoms with Crippen molar-refractivity contribution in [3.8, 4) is 0 Å². The molecule has 0 spiro atoms. The number of fused-ring (bicyclic) bond motifs is 1. The Bertz CT molecular complexity index is 864. The number of carbonyl (C=O) groups excluding carboxylic acids is 1. The third-order valence-electron chi connectivity index (χ3n) is 4.54. The third kappa shape index (κ3) is 3.66. The van der Waals surface area contributed by atoms with E-state index in [1.54, 1.807) is 18.3 Å². The number of pyridine rings is 1. The van der Waals surface area contributed by atoms with Crippen LogP contribution in [-0.4, -0.2) is 45.7 Å². The van der Waals surface area contributed by atoms with Crippen LogP contribution in [0.5, 0.6) is 0 Å². The molecule has 128 valence electrons. The van der Waals surface area contributed by atoms with Crippen LogP contribution in [0, 0.1) is 5.92 Å². The van der Waals surface area contributed by atoms with Crippen LogP contribution >= 0.6 is 0 Å². The van der Waals surface area contributed by atoms with Gasteiger partial charge in [0.05, 0.1) is 0 Å². The second-order valence-corrected chi connectivity index (χ2v) is 6.40. The molecule has 1 saturated heterocycles. The van der Waals surface area contributed by atoms with Gasteiger partial charge in [-0.25, -0.2) is 4.63 Å². The van der Waals surface area contributed by atoms with Crippen molar-refractivity contribution in [3.05, 3.63) is 53.9 Å². The Morgan fingerprint density at radius 2 is 2.16 bits per heavy atom. The highest BCUT2D eigenvalue weighted by Gasteiger charge is 2.23. The van der Waals surface area contributed by atoms with Gasteiger partial charge in [0, 0.05) is 25.8 Å². The summed E-state index contributed by atoms with van der Waals surface area (Å²) in [6.45, 7) is 3.54. The van der Waals surface area contributed by atoms with Gasteiger partial charge in [0.15, 0.2) is 0 Å². The van der Waals surface area contributed by atoms with Crippen molar-refractivity contribution >= 4 is 16.9 Å². The molecule has 1 aliphatic heterocycles. The second-order valence-electron chi connectivity index (χ2n) is 6.40. The van der Waals surface area contributed by atoms with Gasteiger partial charge in [-0.2, -0.15) is 0 Å². The molecule has 0 unspecified atom stereocenters. The summed E-state index contributed by atoms with van der Waals surface area (Å²) in [5.74, 6) is 0.355. The minimum Gasteiger partial charge on any atom is -0.350 e. The highest BCUT2D eigenvalue weighted by molar-refractivity contribution is 5.92. The van der Waals surface area contributed by atoms with Crippen molar-refractivity contribution in [2.75, 3.05) is 19.6 Å². The van der Waals surface area contributed by atoms with E-state index in [1.165, 1.54) is 5.56 Å². The van der Waals surface area contributed by atoms with Crippen LogP contribution in [-0.2, 0) is 6.54 Å². The quantitative estimate of drug-likeness (QED) is 0.765.